The van der Waals surface area contributed by atoms with Crippen molar-refractivity contribution in [2.75, 3.05) is 0 Å². The largest absolute Gasteiger partial charge is 0.481 e. The van der Waals surface area contributed by atoms with E-state index in [1.54, 1.807) is 18.2 Å². The SMILES string of the molecule is CC(C)CC(O)c1ccccc1CC(=O)O. The van der Waals surface area contributed by atoms with Crippen LogP contribution >= 0.6 is 0 Å². The Bertz CT molecular complexity index is 358. The fourth-order valence-electron chi connectivity index (χ4n) is 1.76. The molecule has 3 nitrogen and oxygen atoms in total. The van der Waals surface area contributed by atoms with Gasteiger partial charge in [0.05, 0.1) is 12.5 Å². The van der Waals surface area contributed by atoms with Gasteiger partial charge in [0.25, 0.3) is 0 Å². The lowest BCUT2D eigenvalue weighted by atomic mass is 9.94. The van der Waals surface area contributed by atoms with Gasteiger partial charge in [0, 0.05) is 0 Å². The number of carbonyl (C=O) groups is 1. The van der Waals surface area contributed by atoms with Crippen LogP contribution in [0.25, 0.3) is 0 Å². The monoisotopic (exact) mass is 222 g/mol. The van der Waals surface area contributed by atoms with E-state index in [2.05, 4.69) is 0 Å². The van der Waals surface area contributed by atoms with Crippen molar-refractivity contribution in [1.29, 1.82) is 0 Å². The Morgan fingerprint density at radius 3 is 2.50 bits per heavy atom. The Labute approximate surface area is 95.7 Å². The quantitative estimate of drug-likeness (QED) is 0.804. The molecule has 0 bridgehead atoms. The zero-order valence-corrected chi connectivity index (χ0v) is 9.68. The molecule has 1 aromatic rings. The molecule has 1 aromatic carbocycles. The van der Waals surface area contributed by atoms with Crippen LogP contribution in [0.3, 0.4) is 0 Å². The molecule has 0 saturated carbocycles. The van der Waals surface area contributed by atoms with Crippen LogP contribution in [0.4, 0.5) is 0 Å². The molecule has 0 amide bonds. The zero-order valence-electron chi connectivity index (χ0n) is 9.68. The summed E-state index contributed by atoms with van der Waals surface area (Å²) in [5.41, 5.74) is 1.43. The molecule has 88 valence electrons. The van der Waals surface area contributed by atoms with Gasteiger partial charge in [0.15, 0.2) is 0 Å². The number of carboxylic acids is 1. The number of hydrogen-bond donors (Lipinski definition) is 2. The van der Waals surface area contributed by atoms with Gasteiger partial charge < -0.3 is 10.2 Å². The molecule has 0 spiro atoms. The first-order chi connectivity index (χ1) is 7.50. The van der Waals surface area contributed by atoms with Crippen LogP contribution in [-0.4, -0.2) is 16.2 Å². The summed E-state index contributed by atoms with van der Waals surface area (Å²) in [5.74, 6) is -0.489. The second-order valence-corrected chi connectivity index (χ2v) is 4.41. The first kappa shape index (κ1) is 12.7. The summed E-state index contributed by atoms with van der Waals surface area (Å²) in [6.45, 7) is 4.06. The van der Waals surface area contributed by atoms with E-state index in [-0.39, 0.29) is 6.42 Å². The topological polar surface area (TPSA) is 57.5 Å². The van der Waals surface area contributed by atoms with Gasteiger partial charge in [-0.2, -0.15) is 0 Å². The molecule has 3 heteroatoms. The summed E-state index contributed by atoms with van der Waals surface area (Å²) in [6, 6.07) is 7.17. The summed E-state index contributed by atoms with van der Waals surface area (Å²) in [5, 5.41) is 18.8. The molecule has 1 atom stereocenters. The Morgan fingerprint density at radius 2 is 1.94 bits per heavy atom. The van der Waals surface area contributed by atoms with Crippen LogP contribution in [0.5, 0.6) is 0 Å². The summed E-state index contributed by atoms with van der Waals surface area (Å²) in [4.78, 5) is 10.7. The molecular weight excluding hydrogens is 204 g/mol. The summed E-state index contributed by atoms with van der Waals surface area (Å²) in [6.07, 6.45) is 0.0395. The Balaban J connectivity index is 2.89. The predicted molar refractivity (Wildman–Crippen MR) is 62.2 cm³/mol. The summed E-state index contributed by atoms with van der Waals surface area (Å²) < 4.78 is 0. The van der Waals surface area contributed by atoms with Gasteiger partial charge in [-0.3, -0.25) is 4.79 Å². The van der Waals surface area contributed by atoms with Crippen LogP contribution in [0.15, 0.2) is 24.3 Å². The smallest absolute Gasteiger partial charge is 0.307 e. The van der Waals surface area contributed by atoms with Crippen LogP contribution in [0.1, 0.15) is 37.5 Å². The highest BCUT2D eigenvalue weighted by Gasteiger charge is 2.14. The number of hydrogen-bond acceptors (Lipinski definition) is 2. The van der Waals surface area contributed by atoms with E-state index in [0.29, 0.717) is 17.9 Å². The van der Waals surface area contributed by atoms with E-state index in [0.717, 1.165) is 5.56 Å². The van der Waals surface area contributed by atoms with E-state index in [9.17, 15) is 9.90 Å². The molecule has 0 radical (unpaired) electrons. The first-order valence-corrected chi connectivity index (χ1v) is 5.48. The molecule has 16 heavy (non-hydrogen) atoms. The van der Waals surface area contributed by atoms with Crippen molar-refractivity contribution >= 4 is 5.97 Å². The molecule has 1 unspecified atom stereocenters. The van der Waals surface area contributed by atoms with Crippen molar-refractivity contribution in [3.05, 3.63) is 35.4 Å². The van der Waals surface area contributed by atoms with Gasteiger partial charge >= 0.3 is 5.97 Å². The van der Waals surface area contributed by atoms with Crippen molar-refractivity contribution in [3.8, 4) is 0 Å². The molecule has 2 N–H and O–H groups in total. The van der Waals surface area contributed by atoms with Crippen LogP contribution in [0, 0.1) is 5.92 Å². The van der Waals surface area contributed by atoms with E-state index in [1.165, 1.54) is 0 Å². The number of aliphatic hydroxyl groups excluding tert-OH is 1. The van der Waals surface area contributed by atoms with Gasteiger partial charge in [-0.1, -0.05) is 38.1 Å². The number of benzene rings is 1. The molecule has 0 aliphatic rings. The van der Waals surface area contributed by atoms with Crippen molar-refractivity contribution in [1.82, 2.24) is 0 Å². The molecular formula is C13H18O3. The van der Waals surface area contributed by atoms with E-state index < -0.39 is 12.1 Å². The number of aliphatic hydroxyl groups is 1. The molecule has 0 aromatic heterocycles. The highest BCUT2D eigenvalue weighted by Crippen LogP contribution is 2.24. The maximum Gasteiger partial charge on any atom is 0.307 e. The molecule has 0 aliphatic heterocycles. The third kappa shape index (κ3) is 3.66. The highest BCUT2D eigenvalue weighted by atomic mass is 16.4. The maximum atomic E-state index is 10.7. The van der Waals surface area contributed by atoms with Crippen LogP contribution in [-0.2, 0) is 11.2 Å². The minimum atomic E-state index is -0.871. The second-order valence-electron chi connectivity index (χ2n) is 4.41. The van der Waals surface area contributed by atoms with E-state index >= 15 is 0 Å². The first-order valence-electron chi connectivity index (χ1n) is 5.48. The van der Waals surface area contributed by atoms with Crippen LogP contribution in [0.2, 0.25) is 0 Å². The van der Waals surface area contributed by atoms with Gasteiger partial charge in [0.1, 0.15) is 0 Å². The Hall–Kier alpha value is -1.35. The molecule has 0 heterocycles. The molecule has 0 aliphatic carbocycles. The summed E-state index contributed by atoms with van der Waals surface area (Å²) >= 11 is 0. The number of carboxylic acid groups (broad SMARTS) is 1. The van der Waals surface area contributed by atoms with Crippen LogP contribution < -0.4 is 0 Å². The van der Waals surface area contributed by atoms with Gasteiger partial charge in [-0.25, -0.2) is 0 Å². The zero-order chi connectivity index (χ0) is 12.1. The van der Waals surface area contributed by atoms with Gasteiger partial charge in [-0.15, -0.1) is 0 Å². The van der Waals surface area contributed by atoms with Crippen molar-refractivity contribution in [3.63, 3.8) is 0 Å². The Morgan fingerprint density at radius 1 is 1.31 bits per heavy atom. The fourth-order valence-corrected chi connectivity index (χ4v) is 1.76. The molecule has 0 saturated heterocycles. The molecule has 1 rings (SSSR count). The lowest BCUT2D eigenvalue weighted by molar-refractivity contribution is -0.136. The average Bonchev–Trinajstić information content (AvgIpc) is 2.16. The lowest BCUT2D eigenvalue weighted by Gasteiger charge is -2.16. The molecule has 0 fully saturated rings. The lowest BCUT2D eigenvalue weighted by Crippen LogP contribution is -2.08. The summed E-state index contributed by atoms with van der Waals surface area (Å²) in [7, 11) is 0. The normalized spacial score (nSPS) is 12.8. The predicted octanol–water partition coefficient (Wildman–Crippen LogP) is 2.39. The number of rotatable bonds is 5. The average molecular weight is 222 g/mol. The van der Waals surface area contributed by atoms with Crippen molar-refractivity contribution < 1.29 is 15.0 Å². The van der Waals surface area contributed by atoms with Gasteiger partial charge in [0.2, 0.25) is 0 Å². The Kier molecular flexibility index (Phi) is 4.50. The standard InChI is InChI=1S/C13H18O3/c1-9(2)7-12(14)11-6-4-3-5-10(11)8-13(15)16/h3-6,9,12,14H,7-8H2,1-2H3,(H,15,16). The maximum absolute atomic E-state index is 10.7. The van der Waals surface area contributed by atoms with Crippen molar-refractivity contribution in [2.24, 2.45) is 5.92 Å². The number of aliphatic carboxylic acids is 1. The minimum absolute atomic E-state index is 0.0364. The minimum Gasteiger partial charge on any atom is -0.481 e. The third-order valence-corrected chi connectivity index (χ3v) is 2.45. The van der Waals surface area contributed by atoms with Crippen molar-refractivity contribution in [2.45, 2.75) is 32.8 Å². The van der Waals surface area contributed by atoms with Gasteiger partial charge in [-0.05, 0) is 23.5 Å². The van der Waals surface area contributed by atoms with E-state index in [1.807, 2.05) is 19.9 Å². The third-order valence-electron chi connectivity index (χ3n) is 2.45. The van der Waals surface area contributed by atoms with E-state index in [4.69, 9.17) is 5.11 Å². The fraction of sp³-hybridized carbons (Fsp3) is 0.462. The second kappa shape index (κ2) is 5.66. The highest BCUT2D eigenvalue weighted by molar-refractivity contribution is 5.70.